The predicted molar refractivity (Wildman–Crippen MR) is 60.4 cm³/mol. The van der Waals surface area contributed by atoms with Gasteiger partial charge in [0.1, 0.15) is 0 Å². The summed E-state index contributed by atoms with van der Waals surface area (Å²) in [5.74, 6) is 0.812. The van der Waals surface area contributed by atoms with Gasteiger partial charge in [0.2, 0.25) is 0 Å². The van der Waals surface area contributed by atoms with Crippen molar-refractivity contribution in [3.05, 3.63) is 29.0 Å². The van der Waals surface area contributed by atoms with E-state index in [1.54, 1.807) is 0 Å². The van der Waals surface area contributed by atoms with Gasteiger partial charge < -0.3 is 0 Å². The molecule has 71 valence electrons. The van der Waals surface area contributed by atoms with E-state index >= 15 is 0 Å². The zero-order valence-electron chi connectivity index (χ0n) is 7.32. The van der Waals surface area contributed by atoms with Crippen molar-refractivity contribution in [1.29, 1.82) is 0 Å². The first-order chi connectivity index (χ1) is 6.70. The van der Waals surface area contributed by atoms with Gasteiger partial charge >= 0.3 is 100 Å². The molecule has 0 atom stereocenters. The number of benzene rings is 1. The topological polar surface area (TPSA) is 25.8 Å². The molecule has 2 aromatic rings. The monoisotopic (exact) mass is 337 g/mol. The zero-order chi connectivity index (χ0) is 10.1. The standard InChI is InChI=1S/C9H6ClN2Se2/c1-5-11-8-3-2-6(10)4-7(8)9(12-5)14-13/h2-4H,1H3. The van der Waals surface area contributed by atoms with Crippen LogP contribution in [0.3, 0.4) is 0 Å². The molecular formula is C9H6ClN2Se2. The summed E-state index contributed by atoms with van der Waals surface area (Å²) in [5, 5.41) is 1.79. The molecule has 0 spiro atoms. The van der Waals surface area contributed by atoms with Crippen molar-refractivity contribution in [2.45, 2.75) is 6.92 Å². The summed E-state index contributed by atoms with van der Waals surface area (Å²) >= 11 is 9.20. The Hall–Kier alpha value is -0.111. The number of aryl methyl sites for hydroxylation is 1. The van der Waals surface area contributed by atoms with Crippen LogP contribution in [0.25, 0.3) is 10.9 Å². The Labute approximate surface area is 100.0 Å². The molecule has 2 nitrogen and oxygen atoms in total. The first-order valence-electron chi connectivity index (χ1n) is 3.94. The van der Waals surface area contributed by atoms with Gasteiger partial charge in [-0.2, -0.15) is 0 Å². The second-order valence-corrected chi connectivity index (χ2v) is 6.24. The van der Waals surface area contributed by atoms with Crippen molar-refractivity contribution in [3.8, 4) is 0 Å². The van der Waals surface area contributed by atoms with Crippen LogP contribution < -0.4 is 4.59 Å². The molecule has 1 heterocycles. The van der Waals surface area contributed by atoms with E-state index in [9.17, 15) is 0 Å². The summed E-state index contributed by atoms with van der Waals surface area (Å²) in [7, 11) is 0. The first kappa shape index (κ1) is 10.4. The Morgan fingerprint density at radius 3 is 2.86 bits per heavy atom. The molecule has 14 heavy (non-hydrogen) atoms. The Morgan fingerprint density at radius 2 is 2.14 bits per heavy atom. The number of nitrogens with zero attached hydrogens (tertiary/aromatic N) is 2. The molecule has 0 amide bonds. The maximum absolute atomic E-state index is 5.93. The third kappa shape index (κ3) is 1.95. The summed E-state index contributed by atoms with van der Waals surface area (Å²) in [6, 6.07) is 5.71. The number of aromatic nitrogens is 2. The fourth-order valence-electron chi connectivity index (χ4n) is 1.25. The van der Waals surface area contributed by atoms with Gasteiger partial charge in [0.25, 0.3) is 0 Å². The summed E-state index contributed by atoms with van der Waals surface area (Å²) < 4.78 is 1.07. The molecular weight excluding hydrogens is 329 g/mol. The minimum atomic E-state index is 0.247. The third-order valence-corrected chi connectivity index (χ3v) is 4.75. The van der Waals surface area contributed by atoms with E-state index in [1.165, 1.54) is 0 Å². The second kappa shape index (κ2) is 4.18. The molecule has 5 heteroatoms. The molecule has 0 fully saturated rings. The van der Waals surface area contributed by atoms with Crippen LogP contribution in [0.15, 0.2) is 18.2 Å². The van der Waals surface area contributed by atoms with E-state index in [1.807, 2.05) is 25.1 Å². The van der Waals surface area contributed by atoms with Gasteiger partial charge in [0, 0.05) is 0 Å². The number of halogens is 1. The van der Waals surface area contributed by atoms with Gasteiger partial charge in [-0.25, -0.2) is 0 Å². The van der Waals surface area contributed by atoms with Crippen LogP contribution in [-0.4, -0.2) is 37.3 Å². The Bertz CT molecular complexity index is 487. The third-order valence-electron chi connectivity index (χ3n) is 1.81. The van der Waals surface area contributed by atoms with Crippen LogP contribution in [0.1, 0.15) is 5.82 Å². The van der Waals surface area contributed by atoms with Crippen molar-refractivity contribution in [2.75, 3.05) is 0 Å². The maximum atomic E-state index is 5.93. The van der Waals surface area contributed by atoms with Crippen LogP contribution in [0.5, 0.6) is 0 Å². The Kier molecular flexibility index (Phi) is 3.10. The van der Waals surface area contributed by atoms with Crippen LogP contribution in [0.2, 0.25) is 5.02 Å². The van der Waals surface area contributed by atoms with Gasteiger partial charge in [0.15, 0.2) is 0 Å². The first-order valence-corrected chi connectivity index (χ1v) is 9.51. The van der Waals surface area contributed by atoms with Crippen molar-refractivity contribution >= 4 is 54.4 Å². The average molecular weight is 336 g/mol. The zero-order valence-corrected chi connectivity index (χ0v) is 11.5. The molecule has 0 aliphatic rings. The number of fused-ring (bicyclic) bond motifs is 1. The summed E-state index contributed by atoms with van der Waals surface area (Å²) in [6.45, 7) is 1.91. The van der Waals surface area contributed by atoms with Crippen molar-refractivity contribution in [3.63, 3.8) is 0 Å². The van der Waals surface area contributed by atoms with Crippen molar-refractivity contribution in [1.82, 2.24) is 9.97 Å². The van der Waals surface area contributed by atoms with Gasteiger partial charge in [-0.3, -0.25) is 0 Å². The number of hydrogen-bond donors (Lipinski definition) is 0. The van der Waals surface area contributed by atoms with E-state index in [2.05, 4.69) is 24.2 Å². The molecule has 2 rings (SSSR count). The summed E-state index contributed by atoms with van der Waals surface area (Å²) in [6.07, 6.45) is 0. The average Bonchev–Trinajstić information content (AvgIpc) is 2.17. The molecule has 0 saturated heterocycles. The van der Waals surface area contributed by atoms with E-state index in [4.69, 9.17) is 11.6 Å². The molecule has 0 aliphatic carbocycles. The van der Waals surface area contributed by atoms with Gasteiger partial charge in [-0.1, -0.05) is 0 Å². The summed E-state index contributed by atoms with van der Waals surface area (Å²) in [4.78, 5) is 8.74. The normalized spacial score (nSPS) is 10.8. The van der Waals surface area contributed by atoms with Crippen LogP contribution in [0, 0.1) is 6.92 Å². The summed E-state index contributed by atoms with van der Waals surface area (Å²) in [5.41, 5.74) is 0.967. The quantitative estimate of drug-likeness (QED) is 0.727. The SMILES string of the molecule is Cc1nc([Se][Se])c2cc(Cl)ccc2n1. The van der Waals surface area contributed by atoms with Crippen molar-refractivity contribution < 1.29 is 0 Å². The van der Waals surface area contributed by atoms with Crippen LogP contribution in [-0.2, 0) is 0 Å². The molecule has 0 N–H and O–H groups in total. The minimum absolute atomic E-state index is 0.247. The van der Waals surface area contributed by atoms with Crippen molar-refractivity contribution in [2.24, 2.45) is 0 Å². The van der Waals surface area contributed by atoms with Crippen LogP contribution in [0.4, 0.5) is 0 Å². The molecule has 1 aromatic heterocycles. The van der Waals surface area contributed by atoms with Gasteiger partial charge in [-0.05, 0) is 0 Å². The van der Waals surface area contributed by atoms with E-state index in [0.29, 0.717) is 0 Å². The number of hydrogen-bond acceptors (Lipinski definition) is 2. The van der Waals surface area contributed by atoms with Crippen LogP contribution >= 0.6 is 11.6 Å². The fourth-order valence-corrected chi connectivity index (χ4v) is 3.69. The molecule has 1 aromatic carbocycles. The fraction of sp³-hybridized carbons (Fsp3) is 0.111. The Morgan fingerprint density at radius 1 is 1.36 bits per heavy atom. The number of rotatable bonds is 1. The molecule has 0 unspecified atom stereocenters. The molecule has 0 bridgehead atoms. The van der Waals surface area contributed by atoms with Gasteiger partial charge in [-0.15, -0.1) is 0 Å². The molecule has 1 radical (unpaired) electrons. The van der Waals surface area contributed by atoms with E-state index < -0.39 is 0 Å². The predicted octanol–water partition coefficient (Wildman–Crippen LogP) is 1.00. The van der Waals surface area contributed by atoms with Gasteiger partial charge in [0.05, 0.1) is 0 Å². The Balaban J connectivity index is 2.81. The van der Waals surface area contributed by atoms with E-state index in [0.717, 1.165) is 26.3 Å². The molecule has 0 aliphatic heterocycles. The van der Waals surface area contributed by atoms with E-state index in [-0.39, 0.29) is 13.1 Å². The second-order valence-electron chi connectivity index (χ2n) is 2.82. The molecule has 0 saturated carbocycles.